The van der Waals surface area contributed by atoms with Crippen LogP contribution < -0.4 is 5.32 Å². The van der Waals surface area contributed by atoms with E-state index < -0.39 is 9.84 Å². The predicted molar refractivity (Wildman–Crippen MR) is 124 cm³/mol. The average Bonchev–Trinajstić information content (AvgIpc) is 3.38. The van der Waals surface area contributed by atoms with Gasteiger partial charge in [0.25, 0.3) is 5.22 Å². The van der Waals surface area contributed by atoms with Crippen molar-refractivity contribution in [1.29, 1.82) is 0 Å². The van der Waals surface area contributed by atoms with Gasteiger partial charge in [-0.1, -0.05) is 66.4 Å². The van der Waals surface area contributed by atoms with Gasteiger partial charge in [-0.25, -0.2) is 8.42 Å². The molecule has 168 valence electrons. The van der Waals surface area contributed by atoms with E-state index >= 15 is 0 Å². The van der Waals surface area contributed by atoms with E-state index in [1.54, 1.807) is 0 Å². The van der Waals surface area contributed by atoms with Crippen molar-refractivity contribution in [3.63, 3.8) is 0 Å². The Bertz CT molecular complexity index is 1160. The van der Waals surface area contributed by atoms with Gasteiger partial charge in [-0.15, -0.1) is 10.2 Å². The number of aromatic nitrogens is 2. The van der Waals surface area contributed by atoms with E-state index in [9.17, 15) is 13.2 Å². The first-order valence-electron chi connectivity index (χ1n) is 10.5. The lowest BCUT2D eigenvalue weighted by Crippen LogP contribution is -2.28. The molecule has 1 aliphatic rings. The summed E-state index contributed by atoms with van der Waals surface area (Å²) in [5, 5.41) is 11.2. The van der Waals surface area contributed by atoms with Crippen LogP contribution >= 0.6 is 11.8 Å². The van der Waals surface area contributed by atoms with Gasteiger partial charge in [-0.05, 0) is 36.0 Å². The van der Waals surface area contributed by atoms with Crippen molar-refractivity contribution in [2.24, 2.45) is 5.92 Å². The molecule has 1 saturated heterocycles. The Morgan fingerprint density at radius 1 is 1.12 bits per heavy atom. The van der Waals surface area contributed by atoms with Crippen molar-refractivity contribution in [1.82, 2.24) is 15.5 Å². The summed E-state index contributed by atoms with van der Waals surface area (Å²) in [5.41, 5.74) is 3.31. The first-order valence-corrected chi connectivity index (χ1v) is 13.3. The van der Waals surface area contributed by atoms with Crippen LogP contribution in [0.5, 0.6) is 0 Å². The number of amides is 1. The van der Waals surface area contributed by atoms with Crippen LogP contribution in [0, 0.1) is 5.92 Å². The third kappa shape index (κ3) is 5.98. The highest BCUT2D eigenvalue weighted by Crippen LogP contribution is 2.25. The lowest BCUT2D eigenvalue weighted by Gasteiger charge is -2.14. The van der Waals surface area contributed by atoms with Crippen molar-refractivity contribution in [3.8, 4) is 11.1 Å². The molecule has 2 heterocycles. The first kappa shape index (κ1) is 22.5. The van der Waals surface area contributed by atoms with Gasteiger partial charge in [0, 0.05) is 6.42 Å². The third-order valence-electron chi connectivity index (χ3n) is 5.46. The summed E-state index contributed by atoms with van der Waals surface area (Å²) in [6.07, 6.45) is 1.08. The maximum Gasteiger partial charge on any atom is 0.277 e. The summed E-state index contributed by atoms with van der Waals surface area (Å²) in [5.74, 6) is 0.866. The van der Waals surface area contributed by atoms with Crippen molar-refractivity contribution in [2.75, 3.05) is 17.3 Å². The van der Waals surface area contributed by atoms with Gasteiger partial charge in [0.1, 0.15) is 0 Å². The van der Waals surface area contributed by atoms with Crippen LogP contribution in [0.3, 0.4) is 0 Å². The van der Waals surface area contributed by atoms with Gasteiger partial charge in [0.2, 0.25) is 11.8 Å². The molecule has 3 aromatic rings. The minimum absolute atomic E-state index is 0.0238. The predicted octanol–water partition coefficient (Wildman–Crippen LogP) is 3.68. The summed E-state index contributed by atoms with van der Waals surface area (Å²) < 4.78 is 28.7. The smallest absolute Gasteiger partial charge is 0.277 e. The number of nitrogens with one attached hydrogen (secondary N) is 1. The molecule has 4 rings (SSSR count). The Balaban J connectivity index is 1.25. The van der Waals surface area contributed by atoms with E-state index in [0.717, 1.165) is 16.7 Å². The number of carbonyl (C=O) groups is 1. The fourth-order valence-electron chi connectivity index (χ4n) is 3.75. The third-order valence-corrected chi connectivity index (χ3v) is 8.12. The highest BCUT2D eigenvalue weighted by atomic mass is 32.2. The van der Waals surface area contributed by atoms with E-state index in [0.29, 0.717) is 24.0 Å². The van der Waals surface area contributed by atoms with Crippen molar-refractivity contribution in [3.05, 3.63) is 66.1 Å². The van der Waals surface area contributed by atoms with Crippen LogP contribution in [-0.4, -0.2) is 41.8 Å². The monoisotopic (exact) mass is 471 g/mol. The minimum atomic E-state index is -2.93. The zero-order valence-corrected chi connectivity index (χ0v) is 19.4. The molecule has 0 aliphatic carbocycles. The molecule has 1 N–H and O–H groups in total. The molecule has 7 nitrogen and oxygen atoms in total. The molecule has 0 unspecified atom stereocenters. The summed E-state index contributed by atoms with van der Waals surface area (Å²) >= 11 is 1.17. The second kappa shape index (κ2) is 9.87. The van der Waals surface area contributed by atoms with Crippen LogP contribution in [-0.2, 0) is 21.1 Å². The molecule has 1 aliphatic heterocycles. The highest BCUT2D eigenvalue weighted by Gasteiger charge is 2.29. The van der Waals surface area contributed by atoms with Crippen molar-refractivity contribution < 1.29 is 17.6 Å². The number of rotatable bonds is 8. The van der Waals surface area contributed by atoms with Crippen molar-refractivity contribution >= 4 is 27.5 Å². The molecule has 2 atom stereocenters. The molecular weight excluding hydrogens is 446 g/mol. The van der Waals surface area contributed by atoms with Gasteiger partial charge < -0.3 is 9.73 Å². The van der Waals surface area contributed by atoms with Gasteiger partial charge in [0.05, 0.1) is 23.3 Å². The minimum Gasteiger partial charge on any atom is -0.416 e. The van der Waals surface area contributed by atoms with E-state index in [-0.39, 0.29) is 35.1 Å². The molecule has 1 fully saturated rings. The Kier molecular flexibility index (Phi) is 6.95. The number of hydrogen-bond acceptors (Lipinski definition) is 7. The molecule has 9 heteroatoms. The Hall–Kier alpha value is -2.65. The summed E-state index contributed by atoms with van der Waals surface area (Å²) in [4.78, 5) is 12.4. The normalized spacial score (nSPS) is 18.3. The van der Waals surface area contributed by atoms with Crippen molar-refractivity contribution in [2.45, 2.75) is 31.0 Å². The van der Waals surface area contributed by atoms with E-state index in [1.807, 2.05) is 37.3 Å². The molecule has 1 aromatic heterocycles. The molecule has 1 amide bonds. The maximum absolute atomic E-state index is 12.4. The number of thioether (sulfide) groups is 1. The van der Waals surface area contributed by atoms with E-state index in [2.05, 4.69) is 39.8 Å². The van der Waals surface area contributed by atoms with Gasteiger partial charge in [-0.2, -0.15) is 0 Å². The zero-order valence-electron chi connectivity index (χ0n) is 17.7. The average molecular weight is 472 g/mol. The molecule has 32 heavy (non-hydrogen) atoms. The second-order valence-corrected chi connectivity index (χ2v) is 11.2. The van der Waals surface area contributed by atoms with Crippen LogP contribution in [0.15, 0.2) is 64.2 Å². The molecule has 0 radical (unpaired) electrons. The molecule has 2 aromatic carbocycles. The lowest BCUT2D eigenvalue weighted by molar-refractivity contribution is -0.119. The van der Waals surface area contributed by atoms with Crippen LogP contribution in [0.25, 0.3) is 11.1 Å². The topological polar surface area (TPSA) is 102 Å². The maximum atomic E-state index is 12.4. The standard InChI is InChI=1S/C23H25N3O4S2/c1-16(18-7-9-20(10-8-18)19-5-3-2-4-6-19)24-21(27)14-31-23-26-25-22(30-23)13-17-11-12-32(28,29)15-17/h2-10,16-17H,11-15H2,1H3,(H,24,27)/t16-,17+/m1/s1. The van der Waals surface area contributed by atoms with Gasteiger partial charge in [-0.3, -0.25) is 4.79 Å². The lowest BCUT2D eigenvalue weighted by atomic mass is 10.0. The summed E-state index contributed by atoms with van der Waals surface area (Å²) in [6, 6.07) is 18.2. The SMILES string of the molecule is C[C@@H](NC(=O)CSc1nnc(C[C@@H]2CCS(=O)(=O)C2)o1)c1ccc(-c2ccccc2)cc1. The van der Waals surface area contributed by atoms with E-state index in [1.165, 1.54) is 11.8 Å². The quantitative estimate of drug-likeness (QED) is 0.500. The summed E-state index contributed by atoms with van der Waals surface area (Å²) in [7, 11) is -2.93. The largest absolute Gasteiger partial charge is 0.416 e. The Labute approximate surface area is 191 Å². The zero-order chi connectivity index (χ0) is 22.6. The fraction of sp³-hybridized carbons (Fsp3) is 0.348. The van der Waals surface area contributed by atoms with Crippen LogP contribution in [0.1, 0.15) is 30.8 Å². The second-order valence-electron chi connectivity index (χ2n) is 8.00. The summed E-state index contributed by atoms with van der Waals surface area (Å²) in [6.45, 7) is 1.94. The molecule has 0 saturated carbocycles. The van der Waals surface area contributed by atoms with Crippen LogP contribution in [0.2, 0.25) is 0 Å². The number of nitrogens with zero attached hydrogens (tertiary/aromatic N) is 2. The molecule has 0 spiro atoms. The van der Waals surface area contributed by atoms with Gasteiger partial charge in [0.15, 0.2) is 9.84 Å². The van der Waals surface area contributed by atoms with Gasteiger partial charge >= 0.3 is 0 Å². The number of sulfone groups is 1. The van der Waals surface area contributed by atoms with E-state index in [4.69, 9.17) is 4.42 Å². The van der Waals surface area contributed by atoms with Crippen LogP contribution in [0.4, 0.5) is 0 Å². The molecular formula is C23H25N3O4S2. The number of benzene rings is 2. The first-order chi connectivity index (χ1) is 15.4. The fourth-order valence-corrected chi connectivity index (χ4v) is 6.20. The molecule has 0 bridgehead atoms. The highest BCUT2D eigenvalue weighted by molar-refractivity contribution is 7.99. The Morgan fingerprint density at radius 2 is 1.84 bits per heavy atom. The number of carbonyl (C=O) groups excluding carboxylic acids is 1. The number of hydrogen-bond donors (Lipinski definition) is 1. The Morgan fingerprint density at radius 3 is 2.53 bits per heavy atom.